The third kappa shape index (κ3) is 4.45. The molecule has 0 saturated carbocycles. The lowest BCUT2D eigenvalue weighted by atomic mass is 9.94. The van der Waals surface area contributed by atoms with Crippen molar-refractivity contribution in [3.05, 3.63) is 65.2 Å². The normalized spacial score (nSPS) is 18.1. The fourth-order valence-corrected chi connectivity index (χ4v) is 4.16. The molecule has 3 aromatic rings. The van der Waals surface area contributed by atoms with Gasteiger partial charge in [-0.1, -0.05) is 23.6 Å². The molecule has 2 atom stereocenters. The van der Waals surface area contributed by atoms with Gasteiger partial charge in [0.1, 0.15) is 6.04 Å². The van der Waals surface area contributed by atoms with Crippen LogP contribution in [0.4, 0.5) is 5.95 Å². The first-order chi connectivity index (χ1) is 15.5. The van der Waals surface area contributed by atoms with Crippen LogP contribution in [0.25, 0.3) is 11.4 Å². The number of likely N-dealkylation sites (tertiary alicyclic amines) is 1. The standard InChI is InChI=1S/C25H26N6O/c1-5-22-21(30-25-28-17(3)15-18(4)29-25)8-6-13-31(22)24(32)20-14-16(2)9-10-19(20)23-26-11-7-12-27-23/h1,7,9-12,14-15,21-22H,6,8,13H2,2-4H3,(H,28,29,30). The van der Waals surface area contributed by atoms with Crippen LogP contribution < -0.4 is 5.32 Å². The maximum absolute atomic E-state index is 13.7. The Balaban J connectivity index is 1.65. The van der Waals surface area contributed by atoms with E-state index in [0.717, 1.165) is 29.8 Å². The highest BCUT2D eigenvalue weighted by Crippen LogP contribution is 2.27. The first-order valence-corrected chi connectivity index (χ1v) is 10.7. The van der Waals surface area contributed by atoms with Crippen LogP contribution in [0.1, 0.15) is 40.2 Å². The summed E-state index contributed by atoms with van der Waals surface area (Å²) in [6.07, 6.45) is 10.9. The molecular weight excluding hydrogens is 400 g/mol. The van der Waals surface area contributed by atoms with Gasteiger partial charge in [-0.05, 0) is 51.8 Å². The average molecular weight is 427 g/mol. The second-order valence-corrected chi connectivity index (χ2v) is 8.10. The zero-order valence-corrected chi connectivity index (χ0v) is 18.5. The van der Waals surface area contributed by atoms with E-state index in [2.05, 4.69) is 31.2 Å². The van der Waals surface area contributed by atoms with Crippen LogP contribution in [0.3, 0.4) is 0 Å². The molecule has 4 rings (SSSR count). The Labute approximate surface area is 188 Å². The largest absolute Gasteiger partial charge is 0.348 e. The highest BCUT2D eigenvalue weighted by atomic mass is 16.2. The number of terminal acetylenes is 1. The third-order valence-electron chi connectivity index (χ3n) is 5.57. The number of carbonyl (C=O) groups excluding carboxylic acids is 1. The van der Waals surface area contributed by atoms with Gasteiger partial charge in [0.2, 0.25) is 5.95 Å². The third-order valence-corrected chi connectivity index (χ3v) is 5.57. The molecule has 1 aromatic carbocycles. The van der Waals surface area contributed by atoms with E-state index in [-0.39, 0.29) is 11.9 Å². The molecule has 3 heterocycles. The van der Waals surface area contributed by atoms with Crippen LogP contribution in [-0.2, 0) is 0 Å². The van der Waals surface area contributed by atoms with E-state index in [0.29, 0.717) is 29.4 Å². The molecule has 1 aliphatic heterocycles. The summed E-state index contributed by atoms with van der Waals surface area (Å²) in [4.78, 5) is 33.1. The Hall–Kier alpha value is -3.79. The summed E-state index contributed by atoms with van der Waals surface area (Å²) < 4.78 is 0. The molecule has 1 N–H and O–H groups in total. The van der Waals surface area contributed by atoms with Crippen molar-refractivity contribution in [3.63, 3.8) is 0 Å². The van der Waals surface area contributed by atoms with E-state index < -0.39 is 6.04 Å². The summed E-state index contributed by atoms with van der Waals surface area (Å²) in [5, 5.41) is 3.37. The van der Waals surface area contributed by atoms with Gasteiger partial charge in [0.15, 0.2) is 5.82 Å². The molecule has 1 aliphatic rings. The molecule has 32 heavy (non-hydrogen) atoms. The minimum atomic E-state index is -0.425. The highest BCUT2D eigenvalue weighted by molar-refractivity contribution is 6.00. The first-order valence-electron chi connectivity index (χ1n) is 10.7. The zero-order chi connectivity index (χ0) is 22.7. The lowest BCUT2D eigenvalue weighted by Gasteiger charge is -2.39. The number of aromatic nitrogens is 4. The van der Waals surface area contributed by atoms with Crippen molar-refractivity contribution >= 4 is 11.9 Å². The molecule has 162 valence electrons. The maximum Gasteiger partial charge on any atom is 0.255 e. The predicted octanol–water partition coefficient (Wildman–Crippen LogP) is 3.58. The van der Waals surface area contributed by atoms with Gasteiger partial charge in [0.25, 0.3) is 5.91 Å². The minimum Gasteiger partial charge on any atom is -0.348 e. The number of carbonyl (C=O) groups is 1. The smallest absolute Gasteiger partial charge is 0.255 e. The number of nitrogens with one attached hydrogen (secondary N) is 1. The van der Waals surface area contributed by atoms with Crippen molar-refractivity contribution in [2.75, 3.05) is 11.9 Å². The Morgan fingerprint density at radius 2 is 1.84 bits per heavy atom. The number of hydrogen-bond donors (Lipinski definition) is 1. The van der Waals surface area contributed by atoms with E-state index >= 15 is 0 Å². The lowest BCUT2D eigenvalue weighted by molar-refractivity contribution is 0.0658. The van der Waals surface area contributed by atoms with Gasteiger partial charge in [-0.2, -0.15) is 0 Å². The second kappa shape index (κ2) is 9.15. The summed E-state index contributed by atoms with van der Waals surface area (Å²) in [7, 11) is 0. The van der Waals surface area contributed by atoms with Gasteiger partial charge < -0.3 is 10.2 Å². The average Bonchev–Trinajstić information content (AvgIpc) is 2.78. The number of hydrogen-bond acceptors (Lipinski definition) is 6. The Kier molecular flexibility index (Phi) is 6.13. The Morgan fingerprint density at radius 1 is 1.12 bits per heavy atom. The van der Waals surface area contributed by atoms with E-state index in [4.69, 9.17) is 6.42 Å². The number of benzene rings is 1. The minimum absolute atomic E-state index is 0.119. The quantitative estimate of drug-likeness (QED) is 0.642. The Morgan fingerprint density at radius 3 is 2.53 bits per heavy atom. The molecule has 2 unspecified atom stereocenters. The SMILES string of the molecule is C#CC1C(Nc2nc(C)cc(C)n2)CCCN1C(=O)c1cc(C)ccc1-c1ncccn1. The monoisotopic (exact) mass is 426 g/mol. The molecular formula is C25H26N6O. The molecule has 1 saturated heterocycles. The molecule has 2 aromatic heterocycles. The zero-order valence-electron chi connectivity index (χ0n) is 18.5. The molecule has 0 radical (unpaired) electrons. The van der Waals surface area contributed by atoms with E-state index in [1.54, 1.807) is 23.4 Å². The van der Waals surface area contributed by atoms with Crippen molar-refractivity contribution in [3.8, 4) is 23.7 Å². The topological polar surface area (TPSA) is 83.9 Å². The number of piperidine rings is 1. The molecule has 0 bridgehead atoms. The van der Waals surface area contributed by atoms with Gasteiger partial charge in [-0.25, -0.2) is 19.9 Å². The van der Waals surface area contributed by atoms with E-state index in [9.17, 15) is 4.79 Å². The number of nitrogens with zero attached hydrogens (tertiary/aromatic N) is 5. The highest BCUT2D eigenvalue weighted by Gasteiger charge is 2.35. The van der Waals surface area contributed by atoms with Crippen LogP contribution in [0.5, 0.6) is 0 Å². The van der Waals surface area contributed by atoms with Crippen molar-refractivity contribution in [1.29, 1.82) is 0 Å². The second-order valence-electron chi connectivity index (χ2n) is 8.10. The van der Waals surface area contributed by atoms with Gasteiger partial charge in [0, 0.05) is 35.9 Å². The molecule has 1 fully saturated rings. The van der Waals surface area contributed by atoms with Crippen molar-refractivity contribution in [1.82, 2.24) is 24.8 Å². The summed E-state index contributed by atoms with van der Waals surface area (Å²) >= 11 is 0. The number of aryl methyl sites for hydroxylation is 3. The summed E-state index contributed by atoms with van der Waals surface area (Å²) in [6.45, 7) is 6.41. The number of anilines is 1. The van der Waals surface area contributed by atoms with Crippen LogP contribution in [0, 0.1) is 33.1 Å². The van der Waals surface area contributed by atoms with Crippen LogP contribution in [0.15, 0.2) is 42.7 Å². The molecule has 0 aliphatic carbocycles. The summed E-state index contributed by atoms with van der Waals surface area (Å²) in [6, 6.07) is 8.84. The molecule has 1 amide bonds. The van der Waals surface area contributed by atoms with Crippen molar-refractivity contribution in [2.24, 2.45) is 0 Å². The first kappa shape index (κ1) is 21.4. The lowest BCUT2D eigenvalue weighted by Crippen LogP contribution is -2.53. The van der Waals surface area contributed by atoms with Crippen LogP contribution >= 0.6 is 0 Å². The Bertz CT molecular complexity index is 1150. The number of rotatable bonds is 4. The van der Waals surface area contributed by atoms with E-state index in [1.165, 1.54) is 0 Å². The molecule has 7 heteroatoms. The van der Waals surface area contributed by atoms with Crippen LogP contribution in [0.2, 0.25) is 0 Å². The van der Waals surface area contributed by atoms with Crippen LogP contribution in [-0.4, -0.2) is 49.4 Å². The fourth-order valence-electron chi connectivity index (χ4n) is 4.16. The van der Waals surface area contributed by atoms with Gasteiger partial charge in [-0.3, -0.25) is 4.79 Å². The number of amides is 1. The predicted molar refractivity (Wildman–Crippen MR) is 124 cm³/mol. The van der Waals surface area contributed by atoms with Crippen molar-refractivity contribution < 1.29 is 4.79 Å². The van der Waals surface area contributed by atoms with Gasteiger partial charge >= 0.3 is 0 Å². The fraction of sp³-hybridized carbons (Fsp3) is 0.320. The summed E-state index contributed by atoms with van der Waals surface area (Å²) in [5.41, 5.74) is 4.01. The molecule has 7 nitrogen and oxygen atoms in total. The van der Waals surface area contributed by atoms with Gasteiger partial charge in [0.05, 0.1) is 11.6 Å². The van der Waals surface area contributed by atoms with E-state index in [1.807, 2.05) is 45.0 Å². The van der Waals surface area contributed by atoms with Crippen molar-refractivity contribution in [2.45, 2.75) is 45.7 Å². The maximum atomic E-state index is 13.7. The van der Waals surface area contributed by atoms with Gasteiger partial charge in [-0.15, -0.1) is 6.42 Å². The molecule has 0 spiro atoms. The summed E-state index contributed by atoms with van der Waals surface area (Å²) in [5.74, 6) is 3.77.